The third-order valence-electron chi connectivity index (χ3n) is 2.79. The van der Waals surface area contributed by atoms with E-state index in [1.807, 2.05) is 7.05 Å². The van der Waals surface area contributed by atoms with Gasteiger partial charge >= 0.3 is 0 Å². The third kappa shape index (κ3) is 4.78. The van der Waals surface area contributed by atoms with Gasteiger partial charge in [-0.25, -0.2) is 9.37 Å². The molecule has 0 atom stereocenters. The van der Waals surface area contributed by atoms with E-state index in [0.717, 1.165) is 13.1 Å². The lowest BCUT2D eigenvalue weighted by molar-refractivity contribution is 0.526. The van der Waals surface area contributed by atoms with Crippen LogP contribution in [0.4, 0.5) is 10.2 Å². The van der Waals surface area contributed by atoms with Gasteiger partial charge in [0.25, 0.3) is 0 Å². The van der Waals surface area contributed by atoms with Gasteiger partial charge in [-0.05, 0) is 24.9 Å². The lowest BCUT2D eigenvalue weighted by atomic mass is 10.1. The standard InChI is InChI=1S/C15H26FN3/c1-11(2)9-19(10-12(3)4)15-14(16)13(8-17-5)6-7-18-15/h6-7,11-12,17H,8-10H2,1-5H3. The van der Waals surface area contributed by atoms with Crippen LogP contribution >= 0.6 is 0 Å². The predicted octanol–water partition coefficient (Wildman–Crippen LogP) is 3.06. The van der Waals surface area contributed by atoms with Gasteiger partial charge in [0, 0.05) is 31.4 Å². The maximum absolute atomic E-state index is 14.5. The van der Waals surface area contributed by atoms with Gasteiger partial charge in [0.15, 0.2) is 11.6 Å². The van der Waals surface area contributed by atoms with Crippen molar-refractivity contribution in [3.63, 3.8) is 0 Å². The number of rotatable bonds is 7. The van der Waals surface area contributed by atoms with Crippen LogP contribution in [0.25, 0.3) is 0 Å². The molecule has 108 valence electrons. The Kier molecular flexibility index (Phi) is 6.22. The molecule has 4 heteroatoms. The smallest absolute Gasteiger partial charge is 0.170 e. The number of nitrogens with zero attached hydrogens (tertiary/aromatic N) is 2. The summed E-state index contributed by atoms with van der Waals surface area (Å²) in [5, 5.41) is 2.99. The predicted molar refractivity (Wildman–Crippen MR) is 78.8 cm³/mol. The molecule has 1 N–H and O–H groups in total. The molecule has 0 saturated heterocycles. The number of halogens is 1. The van der Waals surface area contributed by atoms with Gasteiger partial charge in [-0.15, -0.1) is 0 Å². The first kappa shape index (κ1) is 15.9. The summed E-state index contributed by atoms with van der Waals surface area (Å²) < 4.78 is 14.5. The Balaban J connectivity index is 3.03. The lowest BCUT2D eigenvalue weighted by Gasteiger charge is -2.28. The number of pyridine rings is 1. The van der Waals surface area contributed by atoms with Gasteiger partial charge in [-0.3, -0.25) is 0 Å². The molecular formula is C15H26FN3. The molecule has 0 fully saturated rings. The zero-order chi connectivity index (χ0) is 14.4. The Labute approximate surface area is 116 Å². The Morgan fingerprint density at radius 1 is 1.21 bits per heavy atom. The van der Waals surface area contributed by atoms with Crippen LogP contribution in [-0.4, -0.2) is 25.1 Å². The van der Waals surface area contributed by atoms with Crippen molar-refractivity contribution in [1.82, 2.24) is 10.3 Å². The van der Waals surface area contributed by atoms with Crippen LogP contribution in [-0.2, 0) is 6.54 Å². The maximum atomic E-state index is 14.5. The van der Waals surface area contributed by atoms with Gasteiger partial charge in [-0.2, -0.15) is 0 Å². The van der Waals surface area contributed by atoms with Crippen molar-refractivity contribution in [1.29, 1.82) is 0 Å². The van der Waals surface area contributed by atoms with Crippen LogP contribution in [0, 0.1) is 17.7 Å². The summed E-state index contributed by atoms with van der Waals surface area (Å²) in [6.45, 7) is 10.7. The van der Waals surface area contributed by atoms with Gasteiger partial charge in [0.1, 0.15) is 0 Å². The third-order valence-corrected chi connectivity index (χ3v) is 2.79. The van der Waals surface area contributed by atoms with E-state index in [1.165, 1.54) is 0 Å². The van der Waals surface area contributed by atoms with E-state index < -0.39 is 0 Å². The van der Waals surface area contributed by atoms with E-state index in [1.54, 1.807) is 12.3 Å². The zero-order valence-corrected chi connectivity index (χ0v) is 12.7. The first-order valence-electron chi connectivity index (χ1n) is 6.98. The van der Waals surface area contributed by atoms with Crippen LogP contribution in [0.15, 0.2) is 12.3 Å². The molecule has 1 aromatic rings. The van der Waals surface area contributed by atoms with E-state index in [9.17, 15) is 4.39 Å². The molecule has 1 rings (SSSR count). The van der Waals surface area contributed by atoms with Gasteiger partial charge in [-0.1, -0.05) is 27.7 Å². The Morgan fingerprint density at radius 3 is 2.26 bits per heavy atom. The van der Waals surface area contributed by atoms with Gasteiger partial charge in [0.05, 0.1) is 0 Å². The normalized spacial score (nSPS) is 11.4. The summed E-state index contributed by atoms with van der Waals surface area (Å²) in [6.07, 6.45) is 1.69. The molecule has 0 unspecified atom stereocenters. The summed E-state index contributed by atoms with van der Waals surface area (Å²) in [6, 6.07) is 1.73. The molecule has 19 heavy (non-hydrogen) atoms. The first-order chi connectivity index (χ1) is 8.95. The van der Waals surface area contributed by atoms with Crippen LogP contribution in [0.2, 0.25) is 0 Å². The molecule has 0 aromatic carbocycles. The molecule has 0 aliphatic carbocycles. The van der Waals surface area contributed by atoms with Crippen molar-refractivity contribution in [2.45, 2.75) is 34.2 Å². The molecule has 0 aliphatic heterocycles. The molecule has 1 aromatic heterocycles. The van der Waals surface area contributed by atoms with E-state index in [4.69, 9.17) is 0 Å². The molecular weight excluding hydrogens is 241 g/mol. The number of nitrogens with one attached hydrogen (secondary N) is 1. The van der Waals surface area contributed by atoms with Crippen molar-refractivity contribution in [2.24, 2.45) is 11.8 Å². The Bertz CT molecular complexity index is 381. The second kappa shape index (κ2) is 7.43. The van der Waals surface area contributed by atoms with Crippen molar-refractivity contribution in [3.8, 4) is 0 Å². The number of hydrogen-bond donors (Lipinski definition) is 1. The molecule has 0 aliphatic rings. The van der Waals surface area contributed by atoms with Crippen molar-refractivity contribution in [3.05, 3.63) is 23.6 Å². The Hall–Kier alpha value is -1.16. The number of aromatic nitrogens is 1. The molecule has 0 radical (unpaired) electrons. The highest BCUT2D eigenvalue weighted by Crippen LogP contribution is 2.21. The molecule has 0 amide bonds. The van der Waals surface area contributed by atoms with Crippen LogP contribution in [0.5, 0.6) is 0 Å². The minimum atomic E-state index is -0.196. The van der Waals surface area contributed by atoms with E-state index in [0.29, 0.717) is 29.8 Å². The van der Waals surface area contributed by atoms with Crippen molar-refractivity contribution >= 4 is 5.82 Å². The molecule has 3 nitrogen and oxygen atoms in total. The highest BCUT2D eigenvalue weighted by atomic mass is 19.1. The summed E-state index contributed by atoms with van der Waals surface area (Å²) in [5.41, 5.74) is 0.671. The largest absolute Gasteiger partial charge is 0.354 e. The monoisotopic (exact) mass is 267 g/mol. The summed E-state index contributed by atoms with van der Waals surface area (Å²) in [5.74, 6) is 1.24. The average Bonchev–Trinajstić information content (AvgIpc) is 2.30. The SMILES string of the molecule is CNCc1ccnc(N(CC(C)C)CC(C)C)c1F. The second-order valence-electron chi connectivity index (χ2n) is 5.83. The van der Waals surface area contributed by atoms with Gasteiger partial charge in [0.2, 0.25) is 0 Å². The lowest BCUT2D eigenvalue weighted by Crippen LogP contribution is -2.33. The molecule has 0 spiro atoms. The molecule has 0 bridgehead atoms. The van der Waals surface area contributed by atoms with Crippen molar-refractivity contribution < 1.29 is 4.39 Å². The second-order valence-corrected chi connectivity index (χ2v) is 5.83. The Morgan fingerprint density at radius 2 is 1.79 bits per heavy atom. The minimum absolute atomic E-state index is 0.196. The van der Waals surface area contributed by atoms with E-state index >= 15 is 0 Å². The van der Waals surface area contributed by atoms with Crippen LogP contribution in [0.3, 0.4) is 0 Å². The minimum Gasteiger partial charge on any atom is -0.354 e. The first-order valence-corrected chi connectivity index (χ1v) is 6.98. The zero-order valence-electron chi connectivity index (χ0n) is 12.7. The highest BCUT2D eigenvalue weighted by molar-refractivity contribution is 5.43. The number of hydrogen-bond acceptors (Lipinski definition) is 3. The van der Waals surface area contributed by atoms with Gasteiger partial charge < -0.3 is 10.2 Å². The molecule has 0 saturated carbocycles. The fourth-order valence-electron chi connectivity index (χ4n) is 2.15. The van der Waals surface area contributed by atoms with E-state index in [-0.39, 0.29) is 5.82 Å². The summed E-state index contributed by atoms with van der Waals surface area (Å²) >= 11 is 0. The highest BCUT2D eigenvalue weighted by Gasteiger charge is 2.17. The topological polar surface area (TPSA) is 28.2 Å². The fourth-order valence-corrected chi connectivity index (χ4v) is 2.15. The summed E-state index contributed by atoms with van der Waals surface area (Å²) in [4.78, 5) is 6.31. The van der Waals surface area contributed by atoms with Crippen LogP contribution < -0.4 is 10.2 Å². The molecule has 1 heterocycles. The number of anilines is 1. The fraction of sp³-hybridized carbons (Fsp3) is 0.667. The maximum Gasteiger partial charge on any atom is 0.170 e. The van der Waals surface area contributed by atoms with Crippen molar-refractivity contribution in [2.75, 3.05) is 25.0 Å². The average molecular weight is 267 g/mol. The summed E-state index contributed by atoms with van der Waals surface area (Å²) in [7, 11) is 1.82. The van der Waals surface area contributed by atoms with Crippen LogP contribution in [0.1, 0.15) is 33.3 Å². The quantitative estimate of drug-likeness (QED) is 0.823. The van der Waals surface area contributed by atoms with E-state index in [2.05, 4.69) is 42.9 Å².